The summed E-state index contributed by atoms with van der Waals surface area (Å²) in [6.07, 6.45) is 3.42. The van der Waals surface area contributed by atoms with Crippen LogP contribution < -0.4 is 0 Å². The van der Waals surface area contributed by atoms with Crippen molar-refractivity contribution in [1.29, 1.82) is 0 Å². The molecule has 0 aromatic rings. The van der Waals surface area contributed by atoms with Gasteiger partial charge in [-0.1, -0.05) is 19.8 Å². The molecule has 0 aromatic carbocycles. The van der Waals surface area contributed by atoms with Gasteiger partial charge in [-0.2, -0.15) is 0 Å². The van der Waals surface area contributed by atoms with Gasteiger partial charge in [0.25, 0.3) is 0 Å². The molecule has 0 saturated carbocycles. The lowest BCUT2D eigenvalue weighted by molar-refractivity contribution is -0.140. The normalized spacial score (nSPS) is 12.6. The number of esters is 1. The van der Waals surface area contributed by atoms with Crippen LogP contribution in [0.5, 0.6) is 0 Å². The zero-order valence-corrected chi connectivity index (χ0v) is 7.86. The van der Waals surface area contributed by atoms with Crippen LogP contribution in [0.4, 0.5) is 0 Å². The van der Waals surface area contributed by atoms with E-state index in [4.69, 9.17) is 11.6 Å². The van der Waals surface area contributed by atoms with E-state index >= 15 is 0 Å². The predicted molar refractivity (Wildman–Crippen MR) is 45.8 cm³/mol. The molecular weight excluding hydrogens is 164 g/mol. The van der Waals surface area contributed by atoms with Crippen LogP contribution in [-0.4, -0.2) is 18.5 Å². The number of hydrogen-bond acceptors (Lipinski definition) is 2. The van der Waals surface area contributed by atoms with E-state index in [1.807, 2.05) is 0 Å². The molecule has 66 valence electrons. The van der Waals surface area contributed by atoms with Crippen molar-refractivity contribution >= 4 is 17.6 Å². The number of hydrogen-bond donors (Lipinski definition) is 0. The average Bonchev–Trinajstić information content (AvgIpc) is 2.00. The summed E-state index contributed by atoms with van der Waals surface area (Å²) in [6, 6.07) is 0. The Labute approximate surface area is 72.9 Å². The van der Waals surface area contributed by atoms with Crippen molar-refractivity contribution in [3.8, 4) is 0 Å². The molecule has 0 aliphatic carbocycles. The molecule has 1 unspecified atom stereocenters. The zero-order chi connectivity index (χ0) is 8.69. The molecular formula is C8H15ClO2. The second-order valence-electron chi connectivity index (χ2n) is 2.52. The standard InChI is InChI=1S/C8H15ClO2/c1-3-4-5-7(9)6-8(10)11-2/h7H,3-6H2,1-2H3. The third-order valence-electron chi connectivity index (χ3n) is 1.49. The van der Waals surface area contributed by atoms with E-state index < -0.39 is 0 Å². The SMILES string of the molecule is CCCCC(Cl)CC(=O)OC. The predicted octanol–water partition coefficient (Wildman–Crippen LogP) is 2.35. The van der Waals surface area contributed by atoms with Crippen molar-refractivity contribution in [2.45, 2.75) is 38.0 Å². The lowest BCUT2D eigenvalue weighted by Crippen LogP contribution is -2.09. The minimum Gasteiger partial charge on any atom is -0.469 e. The molecule has 0 bridgehead atoms. The topological polar surface area (TPSA) is 26.3 Å². The van der Waals surface area contributed by atoms with Crippen molar-refractivity contribution < 1.29 is 9.53 Å². The summed E-state index contributed by atoms with van der Waals surface area (Å²) < 4.78 is 4.48. The van der Waals surface area contributed by atoms with E-state index in [1.54, 1.807) is 0 Å². The van der Waals surface area contributed by atoms with Gasteiger partial charge in [-0.3, -0.25) is 4.79 Å². The summed E-state index contributed by atoms with van der Waals surface area (Å²) >= 11 is 5.83. The largest absolute Gasteiger partial charge is 0.469 e. The first-order valence-corrected chi connectivity index (χ1v) is 4.35. The van der Waals surface area contributed by atoms with Crippen molar-refractivity contribution in [3.05, 3.63) is 0 Å². The Morgan fingerprint density at radius 1 is 1.64 bits per heavy atom. The van der Waals surface area contributed by atoms with Gasteiger partial charge in [-0.15, -0.1) is 11.6 Å². The summed E-state index contributed by atoms with van der Waals surface area (Å²) in [7, 11) is 1.38. The minimum atomic E-state index is -0.221. The summed E-state index contributed by atoms with van der Waals surface area (Å²) in [5.74, 6) is -0.221. The van der Waals surface area contributed by atoms with Gasteiger partial charge in [0.1, 0.15) is 0 Å². The summed E-state index contributed by atoms with van der Waals surface area (Å²) in [4.78, 5) is 10.7. The van der Waals surface area contributed by atoms with Crippen molar-refractivity contribution in [2.24, 2.45) is 0 Å². The summed E-state index contributed by atoms with van der Waals surface area (Å²) in [6.45, 7) is 2.10. The molecule has 0 fully saturated rings. The monoisotopic (exact) mass is 178 g/mol. The van der Waals surface area contributed by atoms with Crippen LogP contribution in [0.2, 0.25) is 0 Å². The van der Waals surface area contributed by atoms with E-state index in [2.05, 4.69) is 11.7 Å². The Kier molecular flexibility index (Phi) is 6.33. The number of carbonyl (C=O) groups is 1. The fourth-order valence-electron chi connectivity index (χ4n) is 0.792. The number of alkyl halides is 1. The molecule has 2 nitrogen and oxygen atoms in total. The maximum atomic E-state index is 10.7. The highest BCUT2D eigenvalue weighted by Gasteiger charge is 2.09. The van der Waals surface area contributed by atoms with Crippen LogP contribution in [0.1, 0.15) is 32.6 Å². The number of unbranched alkanes of at least 4 members (excludes halogenated alkanes) is 1. The van der Waals surface area contributed by atoms with Gasteiger partial charge in [0.15, 0.2) is 0 Å². The molecule has 0 aliphatic rings. The number of rotatable bonds is 5. The smallest absolute Gasteiger partial charge is 0.307 e. The number of carbonyl (C=O) groups excluding carboxylic acids is 1. The van der Waals surface area contributed by atoms with E-state index in [0.717, 1.165) is 19.3 Å². The Hall–Kier alpha value is -0.240. The van der Waals surface area contributed by atoms with Crippen LogP contribution in [-0.2, 0) is 9.53 Å². The van der Waals surface area contributed by atoms with E-state index in [1.165, 1.54) is 7.11 Å². The second kappa shape index (κ2) is 6.47. The lowest BCUT2D eigenvalue weighted by atomic mass is 10.1. The molecule has 1 atom stereocenters. The first-order chi connectivity index (χ1) is 5.20. The molecule has 0 aromatic heterocycles. The second-order valence-corrected chi connectivity index (χ2v) is 3.14. The Bertz CT molecular complexity index is 115. The highest BCUT2D eigenvalue weighted by molar-refractivity contribution is 6.21. The third kappa shape index (κ3) is 6.17. The van der Waals surface area contributed by atoms with E-state index in [-0.39, 0.29) is 11.3 Å². The molecule has 0 saturated heterocycles. The molecule has 0 amide bonds. The quantitative estimate of drug-likeness (QED) is 0.477. The Morgan fingerprint density at radius 3 is 2.73 bits per heavy atom. The first-order valence-electron chi connectivity index (χ1n) is 3.91. The highest BCUT2D eigenvalue weighted by Crippen LogP contribution is 2.11. The minimum absolute atomic E-state index is 0.0533. The van der Waals surface area contributed by atoms with Gasteiger partial charge < -0.3 is 4.74 Å². The molecule has 0 N–H and O–H groups in total. The van der Waals surface area contributed by atoms with Crippen LogP contribution in [0.15, 0.2) is 0 Å². The molecule has 0 aliphatic heterocycles. The summed E-state index contributed by atoms with van der Waals surface area (Å²) in [5.41, 5.74) is 0. The third-order valence-corrected chi connectivity index (χ3v) is 1.86. The molecule has 3 heteroatoms. The molecule has 0 rings (SSSR count). The molecule has 0 spiro atoms. The van der Waals surface area contributed by atoms with Crippen molar-refractivity contribution in [2.75, 3.05) is 7.11 Å². The molecule has 11 heavy (non-hydrogen) atoms. The van der Waals surface area contributed by atoms with E-state index in [9.17, 15) is 4.79 Å². The van der Waals surface area contributed by atoms with Gasteiger partial charge in [-0.25, -0.2) is 0 Å². The number of methoxy groups -OCH3 is 1. The maximum absolute atomic E-state index is 10.7. The van der Waals surface area contributed by atoms with Crippen LogP contribution in [0, 0.1) is 0 Å². The van der Waals surface area contributed by atoms with Gasteiger partial charge in [0, 0.05) is 5.38 Å². The van der Waals surface area contributed by atoms with Gasteiger partial charge >= 0.3 is 5.97 Å². The maximum Gasteiger partial charge on any atom is 0.307 e. The average molecular weight is 179 g/mol. The Balaban J connectivity index is 3.35. The van der Waals surface area contributed by atoms with Crippen LogP contribution >= 0.6 is 11.6 Å². The number of ether oxygens (including phenoxy) is 1. The van der Waals surface area contributed by atoms with Crippen molar-refractivity contribution in [1.82, 2.24) is 0 Å². The fourth-order valence-corrected chi connectivity index (χ4v) is 1.07. The number of halogens is 1. The first kappa shape index (κ1) is 10.8. The summed E-state index contributed by atoms with van der Waals surface area (Å²) in [5, 5.41) is -0.0533. The van der Waals surface area contributed by atoms with Crippen LogP contribution in [0.25, 0.3) is 0 Å². The fraction of sp³-hybridized carbons (Fsp3) is 0.875. The molecule has 0 heterocycles. The molecule has 0 radical (unpaired) electrons. The van der Waals surface area contributed by atoms with Gasteiger partial charge in [-0.05, 0) is 6.42 Å². The highest BCUT2D eigenvalue weighted by atomic mass is 35.5. The van der Waals surface area contributed by atoms with Gasteiger partial charge in [0.2, 0.25) is 0 Å². The van der Waals surface area contributed by atoms with Crippen LogP contribution in [0.3, 0.4) is 0 Å². The zero-order valence-electron chi connectivity index (χ0n) is 7.10. The lowest BCUT2D eigenvalue weighted by Gasteiger charge is -2.05. The van der Waals surface area contributed by atoms with Crippen molar-refractivity contribution in [3.63, 3.8) is 0 Å². The Morgan fingerprint density at radius 2 is 2.27 bits per heavy atom. The van der Waals surface area contributed by atoms with Gasteiger partial charge in [0.05, 0.1) is 13.5 Å². The van der Waals surface area contributed by atoms with E-state index in [0.29, 0.717) is 6.42 Å².